The second kappa shape index (κ2) is 6.03. The molecule has 4 heteroatoms. The van der Waals surface area contributed by atoms with Crippen LogP contribution in [0.15, 0.2) is 30.7 Å². The zero-order valence-corrected chi connectivity index (χ0v) is 10.0. The van der Waals surface area contributed by atoms with E-state index >= 15 is 0 Å². The van der Waals surface area contributed by atoms with Crippen LogP contribution in [-0.4, -0.2) is 21.8 Å². The molecule has 0 saturated carbocycles. The predicted octanol–water partition coefficient (Wildman–Crippen LogP) is 3.04. The highest BCUT2D eigenvalue weighted by Gasteiger charge is 2.09. The molecule has 0 aliphatic heterocycles. The second-order valence-electron chi connectivity index (χ2n) is 3.90. The van der Waals surface area contributed by atoms with E-state index in [0.29, 0.717) is 0 Å². The van der Waals surface area contributed by atoms with E-state index in [1.807, 2.05) is 12.1 Å². The maximum Gasteiger partial charge on any atom is 0.164 e. The standard InChI is InChI=1S/C13H17N3O/c1-2-3-4-8-17-12-10-15-16-13(12)11-6-5-7-14-9-11/h5-7,9-10H,2-4,8H2,1H3,(H,15,16). The van der Waals surface area contributed by atoms with Crippen molar-refractivity contribution >= 4 is 0 Å². The van der Waals surface area contributed by atoms with Crippen molar-refractivity contribution in [2.45, 2.75) is 26.2 Å². The van der Waals surface area contributed by atoms with Gasteiger partial charge >= 0.3 is 0 Å². The third-order valence-corrected chi connectivity index (χ3v) is 2.55. The molecule has 0 radical (unpaired) electrons. The summed E-state index contributed by atoms with van der Waals surface area (Å²) in [4.78, 5) is 4.08. The molecule has 4 nitrogen and oxygen atoms in total. The summed E-state index contributed by atoms with van der Waals surface area (Å²) in [6.07, 6.45) is 8.79. The zero-order valence-electron chi connectivity index (χ0n) is 10.0. The predicted molar refractivity (Wildman–Crippen MR) is 66.8 cm³/mol. The zero-order chi connectivity index (χ0) is 11.9. The Hall–Kier alpha value is -1.84. The Morgan fingerprint density at radius 2 is 2.29 bits per heavy atom. The van der Waals surface area contributed by atoms with Gasteiger partial charge in [-0.25, -0.2) is 0 Å². The van der Waals surface area contributed by atoms with Gasteiger partial charge in [0.1, 0.15) is 5.69 Å². The van der Waals surface area contributed by atoms with Crippen LogP contribution in [0, 0.1) is 0 Å². The molecular formula is C13H17N3O. The van der Waals surface area contributed by atoms with Gasteiger partial charge in [0.05, 0.1) is 12.8 Å². The third-order valence-electron chi connectivity index (χ3n) is 2.55. The first-order valence-electron chi connectivity index (χ1n) is 5.98. The van der Waals surface area contributed by atoms with Crippen molar-refractivity contribution in [2.75, 3.05) is 6.61 Å². The average molecular weight is 231 g/mol. The molecule has 0 bridgehead atoms. The Balaban J connectivity index is 2.02. The summed E-state index contributed by atoms with van der Waals surface area (Å²) in [5.41, 5.74) is 1.80. The number of nitrogens with zero attached hydrogens (tertiary/aromatic N) is 2. The van der Waals surface area contributed by atoms with Crippen molar-refractivity contribution in [1.29, 1.82) is 0 Å². The number of aromatic nitrogens is 3. The molecule has 1 N–H and O–H groups in total. The highest BCUT2D eigenvalue weighted by Crippen LogP contribution is 2.26. The molecule has 0 amide bonds. The number of hydrogen-bond acceptors (Lipinski definition) is 3. The Morgan fingerprint density at radius 1 is 1.35 bits per heavy atom. The summed E-state index contributed by atoms with van der Waals surface area (Å²) in [5.74, 6) is 0.800. The van der Waals surface area contributed by atoms with Gasteiger partial charge in [-0.3, -0.25) is 10.1 Å². The molecule has 17 heavy (non-hydrogen) atoms. The van der Waals surface area contributed by atoms with Crippen LogP contribution in [0.2, 0.25) is 0 Å². The molecule has 0 aliphatic rings. The molecule has 2 rings (SSSR count). The lowest BCUT2D eigenvalue weighted by molar-refractivity contribution is 0.307. The van der Waals surface area contributed by atoms with Crippen molar-refractivity contribution < 1.29 is 4.74 Å². The fourth-order valence-electron chi connectivity index (χ4n) is 1.63. The van der Waals surface area contributed by atoms with Gasteiger partial charge in [-0.1, -0.05) is 19.8 Å². The normalized spacial score (nSPS) is 10.4. The number of nitrogens with one attached hydrogen (secondary N) is 1. The average Bonchev–Trinajstić information content (AvgIpc) is 2.84. The highest BCUT2D eigenvalue weighted by molar-refractivity contribution is 5.64. The van der Waals surface area contributed by atoms with Crippen LogP contribution in [0.25, 0.3) is 11.3 Å². The fraction of sp³-hybridized carbons (Fsp3) is 0.385. The molecule has 2 heterocycles. The summed E-state index contributed by atoms with van der Waals surface area (Å²) in [5, 5.41) is 7.03. The van der Waals surface area contributed by atoms with Gasteiger partial charge < -0.3 is 4.74 Å². The number of H-pyrrole nitrogens is 1. The molecule has 0 aromatic carbocycles. The van der Waals surface area contributed by atoms with E-state index in [-0.39, 0.29) is 0 Å². The molecule has 0 saturated heterocycles. The maximum absolute atomic E-state index is 5.71. The van der Waals surface area contributed by atoms with E-state index in [0.717, 1.165) is 30.0 Å². The Morgan fingerprint density at radius 3 is 3.06 bits per heavy atom. The van der Waals surface area contributed by atoms with Crippen molar-refractivity contribution in [3.05, 3.63) is 30.7 Å². The first kappa shape index (κ1) is 11.6. The molecule has 2 aromatic heterocycles. The van der Waals surface area contributed by atoms with Crippen LogP contribution < -0.4 is 4.74 Å². The van der Waals surface area contributed by atoms with Crippen molar-refractivity contribution in [2.24, 2.45) is 0 Å². The lowest BCUT2D eigenvalue weighted by atomic mass is 10.2. The van der Waals surface area contributed by atoms with Gasteiger partial charge in [0.25, 0.3) is 0 Å². The largest absolute Gasteiger partial charge is 0.490 e. The van der Waals surface area contributed by atoms with Crippen molar-refractivity contribution in [3.8, 4) is 17.0 Å². The first-order chi connectivity index (χ1) is 8.42. The minimum Gasteiger partial charge on any atom is -0.490 e. The summed E-state index contributed by atoms with van der Waals surface area (Å²) in [6.45, 7) is 2.92. The van der Waals surface area contributed by atoms with Crippen LogP contribution >= 0.6 is 0 Å². The Bertz CT molecular complexity index is 439. The molecule has 0 spiro atoms. The number of ether oxygens (including phenoxy) is 1. The quantitative estimate of drug-likeness (QED) is 0.777. The van der Waals surface area contributed by atoms with Gasteiger partial charge in [-0.05, 0) is 18.6 Å². The Kier molecular flexibility index (Phi) is 4.13. The van der Waals surface area contributed by atoms with Gasteiger partial charge in [0.2, 0.25) is 0 Å². The lowest BCUT2D eigenvalue weighted by Crippen LogP contribution is -1.97. The second-order valence-corrected chi connectivity index (χ2v) is 3.90. The van der Waals surface area contributed by atoms with Crippen LogP contribution in [-0.2, 0) is 0 Å². The highest BCUT2D eigenvalue weighted by atomic mass is 16.5. The lowest BCUT2D eigenvalue weighted by Gasteiger charge is -2.05. The van der Waals surface area contributed by atoms with E-state index in [4.69, 9.17) is 4.74 Å². The number of unbranched alkanes of at least 4 members (excludes halogenated alkanes) is 2. The van der Waals surface area contributed by atoms with Crippen molar-refractivity contribution in [1.82, 2.24) is 15.2 Å². The van der Waals surface area contributed by atoms with Crippen LogP contribution in [0.1, 0.15) is 26.2 Å². The summed E-state index contributed by atoms with van der Waals surface area (Å²) >= 11 is 0. The van der Waals surface area contributed by atoms with Crippen LogP contribution in [0.3, 0.4) is 0 Å². The number of rotatable bonds is 6. The number of aromatic amines is 1. The van der Waals surface area contributed by atoms with Gasteiger partial charge in [0, 0.05) is 18.0 Å². The van der Waals surface area contributed by atoms with E-state index in [9.17, 15) is 0 Å². The topological polar surface area (TPSA) is 50.8 Å². The minimum atomic E-state index is 0.737. The first-order valence-corrected chi connectivity index (χ1v) is 5.98. The summed E-state index contributed by atoms with van der Waals surface area (Å²) in [7, 11) is 0. The minimum absolute atomic E-state index is 0.737. The monoisotopic (exact) mass is 231 g/mol. The molecule has 0 aliphatic carbocycles. The van der Waals surface area contributed by atoms with E-state index in [1.54, 1.807) is 18.6 Å². The van der Waals surface area contributed by atoms with E-state index < -0.39 is 0 Å². The van der Waals surface area contributed by atoms with E-state index in [2.05, 4.69) is 22.1 Å². The molecule has 90 valence electrons. The van der Waals surface area contributed by atoms with Gasteiger partial charge in [0.15, 0.2) is 5.75 Å². The third kappa shape index (κ3) is 3.06. The van der Waals surface area contributed by atoms with Crippen LogP contribution in [0.4, 0.5) is 0 Å². The smallest absolute Gasteiger partial charge is 0.164 e. The summed E-state index contributed by atoms with van der Waals surface area (Å²) < 4.78 is 5.71. The van der Waals surface area contributed by atoms with Crippen molar-refractivity contribution in [3.63, 3.8) is 0 Å². The van der Waals surface area contributed by atoms with E-state index in [1.165, 1.54) is 12.8 Å². The Labute approximate surface area is 101 Å². The molecule has 0 unspecified atom stereocenters. The number of hydrogen-bond donors (Lipinski definition) is 1. The van der Waals surface area contributed by atoms with Gasteiger partial charge in [-0.2, -0.15) is 5.10 Å². The fourth-order valence-corrected chi connectivity index (χ4v) is 1.63. The number of pyridine rings is 1. The summed E-state index contributed by atoms with van der Waals surface area (Å²) in [6, 6.07) is 3.87. The van der Waals surface area contributed by atoms with Crippen LogP contribution in [0.5, 0.6) is 5.75 Å². The molecule has 0 fully saturated rings. The molecular weight excluding hydrogens is 214 g/mol. The SMILES string of the molecule is CCCCCOc1c[nH]nc1-c1cccnc1. The maximum atomic E-state index is 5.71. The van der Waals surface area contributed by atoms with Gasteiger partial charge in [-0.15, -0.1) is 0 Å². The molecule has 2 aromatic rings. The molecule has 0 atom stereocenters.